The van der Waals surface area contributed by atoms with Crippen LogP contribution in [-0.2, 0) is 19.0 Å². The second kappa shape index (κ2) is 7.97. The van der Waals surface area contributed by atoms with Crippen LogP contribution in [0.3, 0.4) is 0 Å². The molecule has 0 aromatic carbocycles. The number of alkyl halides is 3. The fourth-order valence-corrected chi connectivity index (χ4v) is 2.72. The summed E-state index contributed by atoms with van der Waals surface area (Å²) in [5.74, 6) is -1.25. The normalized spacial score (nSPS) is 32.7. The summed E-state index contributed by atoms with van der Waals surface area (Å²) in [6, 6.07) is 0. The van der Waals surface area contributed by atoms with E-state index in [1.807, 2.05) is 12.2 Å². The Hall–Kier alpha value is -1.34. The quantitative estimate of drug-likeness (QED) is 0.582. The van der Waals surface area contributed by atoms with Gasteiger partial charge in [-0.1, -0.05) is 18.2 Å². The van der Waals surface area contributed by atoms with Gasteiger partial charge in [0.2, 0.25) is 0 Å². The SMILES string of the molecule is C=CC1CCC(C=CC2COC(OC(=O)C(F)(F)F)OC2)CC1. The lowest BCUT2D eigenvalue weighted by molar-refractivity contribution is -0.317. The zero-order chi connectivity index (χ0) is 16.9. The van der Waals surface area contributed by atoms with E-state index in [0.717, 1.165) is 25.7 Å². The minimum Gasteiger partial charge on any atom is -0.404 e. The third-order valence-electron chi connectivity index (χ3n) is 4.13. The lowest BCUT2D eigenvalue weighted by Gasteiger charge is -2.28. The number of ether oxygens (including phenoxy) is 3. The Labute approximate surface area is 133 Å². The smallest absolute Gasteiger partial charge is 0.404 e. The van der Waals surface area contributed by atoms with Crippen LogP contribution in [0, 0.1) is 17.8 Å². The van der Waals surface area contributed by atoms with E-state index in [4.69, 9.17) is 9.47 Å². The van der Waals surface area contributed by atoms with Gasteiger partial charge >= 0.3 is 18.6 Å². The van der Waals surface area contributed by atoms with Gasteiger partial charge in [0.15, 0.2) is 0 Å². The standard InChI is InChI=1S/C16H21F3O4/c1-2-11-3-5-12(6-4-11)7-8-13-9-21-15(22-10-13)23-14(20)16(17,18)19/h2,7-8,11-13,15H,1,3-6,9-10H2. The molecule has 1 heterocycles. The minimum atomic E-state index is -5.05. The molecule has 2 aliphatic rings. The van der Waals surface area contributed by atoms with Crippen molar-refractivity contribution in [3.63, 3.8) is 0 Å². The topological polar surface area (TPSA) is 44.8 Å². The Morgan fingerprint density at radius 3 is 2.04 bits per heavy atom. The molecule has 1 saturated heterocycles. The molecule has 2 fully saturated rings. The number of rotatable bonds is 4. The van der Waals surface area contributed by atoms with Gasteiger partial charge in [0, 0.05) is 5.92 Å². The average molecular weight is 334 g/mol. The van der Waals surface area contributed by atoms with Crippen LogP contribution in [0.15, 0.2) is 24.8 Å². The first-order valence-electron chi connectivity index (χ1n) is 7.70. The molecule has 0 unspecified atom stereocenters. The Bertz CT molecular complexity index is 431. The van der Waals surface area contributed by atoms with Gasteiger partial charge in [0.1, 0.15) is 0 Å². The number of carbonyl (C=O) groups is 1. The van der Waals surface area contributed by atoms with Gasteiger partial charge < -0.3 is 14.2 Å². The molecule has 0 spiro atoms. The second-order valence-electron chi connectivity index (χ2n) is 5.91. The summed E-state index contributed by atoms with van der Waals surface area (Å²) in [7, 11) is 0. The molecule has 0 aromatic rings. The summed E-state index contributed by atoms with van der Waals surface area (Å²) in [5, 5.41) is 0. The van der Waals surface area contributed by atoms with Gasteiger partial charge in [-0.05, 0) is 37.5 Å². The van der Waals surface area contributed by atoms with E-state index in [-0.39, 0.29) is 19.1 Å². The van der Waals surface area contributed by atoms with Gasteiger partial charge in [-0.25, -0.2) is 4.79 Å². The van der Waals surface area contributed by atoms with Crippen LogP contribution in [0.1, 0.15) is 25.7 Å². The van der Waals surface area contributed by atoms with Crippen LogP contribution in [0.25, 0.3) is 0 Å². The van der Waals surface area contributed by atoms with Gasteiger partial charge in [-0.3, -0.25) is 0 Å². The maximum absolute atomic E-state index is 12.1. The molecular weight excluding hydrogens is 313 g/mol. The molecule has 23 heavy (non-hydrogen) atoms. The van der Waals surface area contributed by atoms with Crippen molar-refractivity contribution in [2.45, 2.75) is 38.3 Å². The molecule has 0 amide bonds. The summed E-state index contributed by atoms with van der Waals surface area (Å²) in [6.45, 7) is 2.55. The van der Waals surface area contributed by atoms with Crippen molar-refractivity contribution in [2.75, 3.05) is 13.2 Å². The van der Waals surface area contributed by atoms with Crippen LogP contribution in [0.4, 0.5) is 13.2 Å². The Morgan fingerprint density at radius 1 is 1.00 bits per heavy atom. The Kier molecular flexibility index (Phi) is 6.24. The first kappa shape index (κ1) is 18.0. The van der Waals surface area contributed by atoms with Gasteiger partial charge in [0.25, 0.3) is 0 Å². The fourth-order valence-electron chi connectivity index (χ4n) is 2.72. The number of halogens is 3. The highest BCUT2D eigenvalue weighted by Gasteiger charge is 2.43. The van der Waals surface area contributed by atoms with Crippen molar-refractivity contribution < 1.29 is 32.2 Å². The van der Waals surface area contributed by atoms with E-state index in [2.05, 4.69) is 17.4 Å². The summed E-state index contributed by atoms with van der Waals surface area (Å²) in [5.41, 5.74) is 0. The van der Waals surface area contributed by atoms with E-state index in [1.165, 1.54) is 0 Å². The zero-order valence-corrected chi connectivity index (χ0v) is 12.8. The molecule has 0 bridgehead atoms. The molecule has 0 N–H and O–H groups in total. The molecule has 2 rings (SSSR count). The first-order chi connectivity index (χ1) is 10.9. The molecule has 1 saturated carbocycles. The summed E-state index contributed by atoms with van der Waals surface area (Å²) >= 11 is 0. The average Bonchev–Trinajstić information content (AvgIpc) is 2.54. The molecule has 130 valence electrons. The van der Waals surface area contributed by atoms with Crippen LogP contribution in [0.5, 0.6) is 0 Å². The number of esters is 1. The molecular formula is C16H21F3O4. The molecule has 0 radical (unpaired) electrons. The second-order valence-corrected chi connectivity index (χ2v) is 5.91. The van der Waals surface area contributed by atoms with Crippen LogP contribution >= 0.6 is 0 Å². The van der Waals surface area contributed by atoms with Gasteiger partial charge in [0.05, 0.1) is 13.2 Å². The highest BCUT2D eigenvalue weighted by Crippen LogP contribution is 2.30. The van der Waals surface area contributed by atoms with Crippen LogP contribution < -0.4 is 0 Å². The highest BCUT2D eigenvalue weighted by atomic mass is 19.4. The molecule has 4 nitrogen and oxygen atoms in total. The van der Waals surface area contributed by atoms with Crippen molar-refractivity contribution in [1.29, 1.82) is 0 Å². The van der Waals surface area contributed by atoms with E-state index in [1.54, 1.807) is 0 Å². The van der Waals surface area contributed by atoms with Crippen molar-refractivity contribution in [2.24, 2.45) is 17.8 Å². The monoisotopic (exact) mass is 334 g/mol. The van der Waals surface area contributed by atoms with Crippen LogP contribution in [-0.4, -0.2) is 31.8 Å². The summed E-state index contributed by atoms with van der Waals surface area (Å²) < 4.78 is 50.3. The highest BCUT2D eigenvalue weighted by molar-refractivity contribution is 5.75. The fraction of sp³-hybridized carbons (Fsp3) is 0.688. The maximum atomic E-state index is 12.1. The number of hydrogen-bond acceptors (Lipinski definition) is 4. The van der Waals surface area contributed by atoms with Gasteiger partial charge in [-0.15, -0.1) is 6.58 Å². The predicted molar refractivity (Wildman–Crippen MR) is 76.1 cm³/mol. The maximum Gasteiger partial charge on any atom is 0.491 e. The number of allylic oxidation sites excluding steroid dienone is 2. The van der Waals surface area contributed by atoms with Crippen molar-refractivity contribution in [3.05, 3.63) is 24.8 Å². The number of carbonyl (C=O) groups excluding carboxylic acids is 1. The largest absolute Gasteiger partial charge is 0.491 e. The Morgan fingerprint density at radius 2 is 1.52 bits per heavy atom. The van der Waals surface area contributed by atoms with Crippen molar-refractivity contribution in [3.8, 4) is 0 Å². The van der Waals surface area contributed by atoms with E-state index in [9.17, 15) is 18.0 Å². The molecule has 7 heteroatoms. The van der Waals surface area contributed by atoms with Crippen LogP contribution in [0.2, 0.25) is 0 Å². The molecule has 0 aromatic heterocycles. The third kappa shape index (κ3) is 5.66. The number of hydrogen-bond donors (Lipinski definition) is 0. The van der Waals surface area contributed by atoms with E-state index >= 15 is 0 Å². The summed E-state index contributed by atoms with van der Waals surface area (Å²) in [6.07, 6.45) is 5.52. The van der Waals surface area contributed by atoms with Gasteiger partial charge in [-0.2, -0.15) is 13.2 Å². The lowest BCUT2D eigenvalue weighted by atomic mass is 9.81. The summed E-state index contributed by atoms with van der Waals surface area (Å²) in [4.78, 5) is 10.7. The van der Waals surface area contributed by atoms with E-state index < -0.39 is 18.6 Å². The zero-order valence-electron chi connectivity index (χ0n) is 12.8. The predicted octanol–water partition coefficient (Wildman–Crippen LogP) is 3.59. The van der Waals surface area contributed by atoms with Crippen molar-refractivity contribution in [1.82, 2.24) is 0 Å². The molecule has 1 aliphatic heterocycles. The molecule has 1 aliphatic carbocycles. The minimum absolute atomic E-state index is 0.0482. The first-order valence-corrected chi connectivity index (χ1v) is 7.70. The third-order valence-corrected chi connectivity index (χ3v) is 4.13. The lowest BCUT2D eigenvalue weighted by Crippen LogP contribution is -2.38. The van der Waals surface area contributed by atoms with Crippen molar-refractivity contribution >= 4 is 5.97 Å². The Balaban J connectivity index is 1.69. The molecule has 0 atom stereocenters. The van der Waals surface area contributed by atoms with E-state index in [0.29, 0.717) is 11.8 Å².